The van der Waals surface area contributed by atoms with Crippen molar-refractivity contribution < 1.29 is 9.53 Å². The summed E-state index contributed by atoms with van der Waals surface area (Å²) < 4.78 is 7.69. The summed E-state index contributed by atoms with van der Waals surface area (Å²) in [5, 5.41) is 1.99. The van der Waals surface area contributed by atoms with E-state index >= 15 is 0 Å². The van der Waals surface area contributed by atoms with E-state index in [9.17, 15) is 4.79 Å². The Kier molecular flexibility index (Phi) is 6.11. The Morgan fingerprint density at radius 1 is 1.33 bits per heavy atom. The van der Waals surface area contributed by atoms with Crippen molar-refractivity contribution in [2.75, 3.05) is 20.2 Å². The predicted octanol–water partition coefficient (Wildman–Crippen LogP) is 4.72. The molecule has 6 heteroatoms. The molecule has 1 aliphatic rings. The SMILES string of the molecule is CCOC(=O)CC(Cn1c2c(c3cc(Cl)ccc31)CCN(C)C2)c1ccncc1C. The number of ether oxygens (including phenoxy) is 1. The second kappa shape index (κ2) is 8.78. The summed E-state index contributed by atoms with van der Waals surface area (Å²) in [6.07, 6.45) is 5.02. The number of carbonyl (C=O) groups is 1. The molecule has 0 saturated carbocycles. The highest BCUT2D eigenvalue weighted by Gasteiger charge is 2.26. The van der Waals surface area contributed by atoms with E-state index in [1.165, 1.54) is 22.2 Å². The van der Waals surface area contributed by atoms with Crippen LogP contribution in [-0.2, 0) is 29.0 Å². The average molecular weight is 426 g/mol. The Morgan fingerprint density at radius 2 is 2.17 bits per heavy atom. The van der Waals surface area contributed by atoms with E-state index in [1.807, 2.05) is 25.3 Å². The van der Waals surface area contributed by atoms with Gasteiger partial charge in [0, 0.05) is 59.6 Å². The van der Waals surface area contributed by atoms with Crippen molar-refractivity contribution in [3.8, 4) is 0 Å². The lowest BCUT2D eigenvalue weighted by atomic mass is 9.93. The normalized spacial score (nSPS) is 15.2. The number of esters is 1. The van der Waals surface area contributed by atoms with E-state index in [-0.39, 0.29) is 11.9 Å². The van der Waals surface area contributed by atoms with Gasteiger partial charge in [-0.2, -0.15) is 0 Å². The van der Waals surface area contributed by atoms with Crippen LogP contribution in [0.15, 0.2) is 36.7 Å². The first-order valence-corrected chi connectivity index (χ1v) is 10.9. The van der Waals surface area contributed by atoms with Crippen LogP contribution in [0.4, 0.5) is 0 Å². The van der Waals surface area contributed by atoms with E-state index in [4.69, 9.17) is 16.3 Å². The van der Waals surface area contributed by atoms with Crippen LogP contribution in [0.1, 0.15) is 41.6 Å². The molecule has 158 valence electrons. The van der Waals surface area contributed by atoms with Gasteiger partial charge in [-0.05, 0) is 68.3 Å². The monoisotopic (exact) mass is 425 g/mol. The van der Waals surface area contributed by atoms with Crippen LogP contribution in [0.3, 0.4) is 0 Å². The third-order valence-corrected chi connectivity index (χ3v) is 6.27. The maximum Gasteiger partial charge on any atom is 0.306 e. The molecule has 3 heterocycles. The number of rotatable bonds is 6. The fourth-order valence-electron chi connectivity index (χ4n) is 4.61. The van der Waals surface area contributed by atoms with Crippen molar-refractivity contribution in [3.05, 3.63) is 64.1 Å². The Balaban J connectivity index is 1.80. The lowest BCUT2D eigenvalue weighted by Gasteiger charge is -2.26. The van der Waals surface area contributed by atoms with Crippen LogP contribution < -0.4 is 0 Å². The summed E-state index contributed by atoms with van der Waals surface area (Å²) in [7, 11) is 2.15. The Bertz CT molecular complexity index is 1080. The molecular weight excluding hydrogens is 398 g/mol. The van der Waals surface area contributed by atoms with Gasteiger partial charge in [-0.1, -0.05) is 11.6 Å². The highest BCUT2D eigenvalue weighted by molar-refractivity contribution is 6.31. The zero-order valence-electron chi connectivity index (χ0n) is 17.8. The van der Waals surface area contributed by atoms with Gasteiger partial charge in [0.05, 0.1) is 13.0 Å². The van der Waals surface area contributed by atoms with Crippen molar-refractivity contribution in [1.82, 2.24) is 14.5 Å². The van der Waals surface area contributed by atoms with Gasteiger partial charge in [0.2, 0.25) is 0 Å². The van der Waals surface area contributed by atoms with E-state index in [0.29, 0.717) is 19.6 Å². The van der Waals surface area contributed by atoms with Gasteiger partial charge in [-0.15, -0.1) is 0 Å². The summed E-state index contributed by atoms with van der Waals surface area (Å²) >= 11 is 6.34. The molecule has 0 N–H and O–H groups in total. The lowest BCUT2D eigenvalue weighted by molar-refractivity contribution is -0.143. The topological polar surface area (TPSA) is 47.4 Å². The third kappa shape index (κ3) is 4.09. The van der Waals surface area contributed by atoms with Crippen molar-refractivity contribution in [1.29, 1.82) is 0 Å². The van der Waals surface area contributed by atoms with Gasteiger partial charge in [-0.25, -0.2) is 0 Å². The van der Waals surface area contributed by atoms with Crippen LogP contribution in [0, 0.1) is 6.92 Å². The van der Waals surface area contributed by atoms with Gasteiger partial charge in [0.25, 0.3) is 0 Å². The van der Waals surface area contributed by atoms with Gasteiger partial charge >= 0.3 is 5.97 Å². The molecule has 0 saturated heterocycles. The molecule has 1 aliphatic heterocycles. The largest absolute Gasteiger partial charge is 0.466 e. The number of likely N-dealkylation sites (N-methyl/N-ethyl adjacent to an activating group) is 1. The summed E-state index contributed by atoms with van der Waals surface area (Å²) in [5.41, 5.74) is 6.12. The number of hydrogen-bond acceptors (Lipinski definition) is 4. The van der Waals surface area contributed by atoms with Crippen molar-refractivity contribution in [2.45, 2.75) is 45.7 Å². The molecule has 0 amide bonds. The van der Waals surface area contributed by atoms with Gasteiger partial charge < -0.3 is 14.2 Å². The molecule has 0 aliphatic carbocycles. The molecule has 1 unspecified atom stereocenters. The van der Waals surface area contributed by atoms with Crippen molar-refractivity contribution in [3.63, 3.8) is 0 Å². The molecule has 0 radical (unpaired) electrons. The number of halogens is 1. The maximum atomic E-state index is 12.4. The smallest absolute Gasteiger partial charge is 0.306 e. The fourth-order valence-corrected chi connectivity index (χ4v) is 4.78. The van der Waals surface area contributed by atoms with E-state index in [2.05, 4.69) is 40.6 Å². The first-order valence-electron chi connectivity index (χ1n) is 10.5. The standard InChI is InChI=1S/C24H28ClN3O2/c1-4-30-24(29)11-17(19-7-9-26-13-16(19)2)14-28-22-6-5-18(25)12-21(22)20-8-10-27(3)15-23(20)28/h5-7,9,12-13,17H,4,8,10-11,14-15H2,1-3H3. The summed E-state index contributed by atoms with van der Waals surface area (Å²) in [4.78, 5) is 19.0. The quantitative estimate of drug-likeness (QED) is 0.536. The first kappa shape index (κ1) is 20.9. The molecule has 3 aromatic rings. The highest BCUT2D eigenvalue weighted by atomic mass is 35.5. The zero-order chi connectivity index (χ0) is 21.3. The Labute approximate surface area is 182 Å². The molecule has 0 bridgehead atoms. The van der Waals surface area contributed by atoms with Crippen LogP contribution >= 0.6 is 11.6 Å². The summed E-state index contributed by atoms with van der Waals surface area (Å²) in [6, 6.07) is 8.17. The van der Waals surface area contributed by atoms with E-state index in [1.54, 1.807) is 6.20 Å². The van der Waals surface area contributed by atoms with E-state index < -0.39 is 0 Å². The van der Waals surface area contributed by atoms with Crippen LogP contribution in [0.2, 0.25) is 5.02 Å². The molecule has 4 rings (SSSR count). The minimum absolute atomic E-state index is 0.00895. The summed E-state index contributed by atoms with van der Waals surface area (Å²) in [6.45, 7) is 6.94. The van der Waals surface area contributed by atoms with E-state index in [0.717, 1.165) is 35.7 Å². The number of fused-ring (bicyclic) bond motifs is 3. The zero-order valence-corrected chi connectivity index (χ0v) is 18.6. The first-order chi connectivity index (χ1) is 14.5. The second-order valence-electron chi connectivity index (χ2n) is 8.12. The second-order valence-corrected chi connectivity index (χ2v) is 8.56. The van der Waals surface area contributed by atoms with Gasteiger partial charge in [0.1, 0.15) is 0 Å². The molecule has 0 spiro atoms. The maximum absolute atomic E-state index is 12.4. The number of aromatic nitrogens is 2. The number of carbonyl (C=O) groups excluding carboxylic acids is 1. The number of pyridine rings is 1. The number of benzene rings is 1. The molecule has 30 heavy (non-hydrogen) atoms. The van der Waals surface area contributed by atoms with Gasteiger partial charge in [-0.3, -0.25) is 9.78 Å². The minimum atomic E-state index is -0.163. The average Bonchev–Trinajstić information content (AvgIpc) is 3.00. The molecule has 1 aromatic carbocycles. The number of aryl methyl sites for hydroxylation is 1. The molecule has 1 atom stereocenters. The fraction of sp³-hybridized carbons (Fsp3) is 0.417. The number of nitrogens with zero attached hydrogens (tertiary/aromatic N) is 3. The predicted molar refractivity (Wildman–Crippen MR) is 120 cm³/mol. The summed E-state index contributed by atoms with van der Waals surface area (Å²) in [5.74, 6) is -0.154. The Morgan fingerprint density at radius 3 is 2.93 bits per heavy atom. The Hall–Kier alpha value is -2.37. The molecule has 0 fully saturated rings. The van der Waals surface area contributed by atoms with Gasteiger partial charge in [0.15, 0.2) is 0 Å². The van der Waals surface area contributed by atoms with Crippen molar-refractivity contribution >= 4 is 28.5 Å². The molecule has 2 aromatic heterocycles. The number of hydrogen-bond donors (Lipinski definition) is 0. The lowest BCUT2D eigenvalue weighted by Crippen LogP contribution is -2.28. The van der Waals surface area contributed by atoms with Crippen LogP contribution in [-0.4, -0.2) is 40.6 Å². The molecule has 5 nitrogen and oxygen atoms in total. The van der Waals surface area contributed by atoms with Crippen LogP contribution in [0.5, 0.6) is 0 Å². The molecular formula is C24H28ClN3O2. The van der Waals surface area contributed by atoms with Crippen LogP contribution in [0.25, 0.3) is 10.9 Å². The third-order valence-electron chi connectivity index (χ3n) is 6.04. The van der Waals surface area contributed by atoms with Crippen molar-refractivity contribution in [2.24, 2.45) is 0 Å². The highest BCUT2D eigenvalue weighted by Crippen LogP contribution is 2.35. The minimum Gasteiger partial charge on any atom is -0.466 e.